The van der Waals surface area contributed by atoms with E-state index in [0.717, 1.165) is 21.9 Å². The molecule has 0 saturated carbocycles. The number of rotatable bonds is 6. The predicted molar refractivity (Wildman–Crippen MR) is 138 cm³/mol. The number of azo groups is 2. The third-order valence-electron chi connectivity index (χ3n) is 5.70. The monoisotopic (exact) mass is 510 g/mol. The first-order valence-corrected chi connectivity index (χ1v) is 11.3. The number of aromatic carboxylic acids is 1. The largest absolute Gasteiger partial charge is 1.00 e. The molecule has 38 heavy (non-hydrogen) atoms. The van der Waals surface area contributed by atoms with Gasteiger partial charge in [0.1, 0.15) is 11.4 Å². The second kappa shape index (κ2) is 11.8. The molecule has 0 amide bonds. The van der Waals surface area contributed by atoms with Crippen LogP contribution in [0.4, 0.5) is 22.7 Å². The molecular formula is C29H19N4NaO4. The van der Waals surface area contributed by atoms with Gasteiger partial charge in [0.25, 0.3) is 0 Å². The molecule has 0 heterocycles. The van der Waals surface area contributed by atoms with Crippen LogP contribution in [0.25, 0.3) is 21.9 Å². The quantitative estimate of drug-likeness (QED) is 0.263. The molecule has 0 atom stereocenters. The Morgan fingerprint density at radius 1 is 0.632 bits per heavy atom. The zero-order chi connectivity index (χ0) is 25.8. The summed E-state index contributed by atoms with van der Waals surface area (Å²) in [5.74, 6) is -1.78. The van der Waals surface area contributed by atoms with Gasteiger partial charge in [-0.3, -0.25) is 0 Å². The number of nitrogens with zero attached hydrogens (tertiary/aromatic N) is 4. The SMILES string of the molecule is O=C([O-])c1cc(N=Nc2ccc(-c3ccc(N=Nc4ccc5ccccc5c4O)cc3)cc2)ccc1O.[Na+]. The fourth-order valence-electron chi connectivity index (χ4n) is 3.74. The van der Waals surface area contributed by atoms with Crippen LogP contribution in [-0.2, 0) is 0 Å². The summed E-state index contributed by atoms with van der Waals surface area (Å²) in [6.07, 6.45) is 0. The van der Waals surface area contributed by atoms with Gasteiger partial charge in [0, 0.05) is 10.9 Å². The molecule has 0 fully saturated rings. The van der Waals surface area contributed by atoms with Crippen LogP contribution < -0.4 is 34.7 Å². The summed E-state index contributed by atoms with van der Waals surface area (Å²) in [6.45, 7) is 0. The summed E-state index contributed by atoms with van der Waals surface area (Å²) >= 11 is 0. The molecule has 0 saturated heterocycles. The first-order valence-electron chi connectivity index (χ1n) is 11.3. The van der Waals surface area contributed by atoms with Crippen LogP contribution in [0.1, 0.15) is 10.4 Å². The van der Waals surface area contributed by atoms with E-state index >= 15 is 0 Å². The van der Waals surface area contributed by atoms with Crippen molar-refractivity contribution in [3.63, 3.8) is 0 Å². The van der Waals surface area contributed by atoms with Crippen molar-refractivity contribution >= 4 is 39.5 Å². The van der Waals surface area contributed by atoms with Crippen LogP contribution in [0.2, 0.25) is 0 Å². The maximum atomic E-state index is 11.0. The average molecular weight is 510 g/mol. The molecule has 0 aliphatic rings. The number of hydrogen-bond donors (Lipinski definition) is 2. The minimum atomic E-state index is -1.49. The molecule has 5 rings (SSSR count). The summed E-state index contributed by atoms with van der Waals surface area (Å²) in [6, 6.07) is 29.9. The number of aromatic hydroxyl groups is 2. The molecule has 5 aromatic rings. The van der Waals surface area contributed by atoms with Crippen LogP contribution in [0.15, 0.2) is 124 Å². The number of phenolic OH excluding ortho intramolecular Hbond substituents is 1. The zero-order valence-electron chi connectivity index (χ0n) is 20.3. The molecule has 9 heteroatoms. The van der Waals surface area contributed by atoms with E-state index in [4.69, 9.17) is 0 Å². The summed E-state index contributed by atoms with van der Waals surface area (Å²) in [5.41, 5.74) is 3.48. The van der Waals surface area contributed by atoms with E-state index in [1.165, 1.54) is 18.2 Å². The van der Waals surface area contributed by atoms with E-state index in [1.54, 1.807) is 18.2 Å². The minimum Gasteiger partial charge on any atom is -0.545 e. The molecule has 5 aromatic carbocycles. The number of hydrogen-bond acceptors (Lipinski definition) is 8. The van der Waals surface area contributed by atoms with Crippen molar-refractivity contribution in [3.05, 3.63) is 109 Å². The Morgan fingerprint density at radius 2 is 1.18 bits per heavy atom. The van der Waals surface area contributed by atoms with Crippen LogP contribution in [-0.4, -0.2) is 16.2 Å². The van der Waals surface area contributed by atoms with Crippen LogP contribution in [0.3, 0.4) is 0 Å². The number of carbonyl (C=O) groups excluding carboxylic acids is 1. The third-order valence-corrected chi connectivity index (χ3v) is 5.70. The molecule has 0 aliphatic carbocycles. The predicted octanol–water partition coefficient (Wildman–Crippen LogP) is 4.12. The zero-order valence-corrected chi connectivity index (χ0v) is 22.3. The normalized spacial score (nSPS) is 11.2. The van der Waals surface area contributed by atoms with Crippen molar-refractivity contribution in [2.24, 2.45) is 20.5 Å². The number of carboxylic acids is 1. The number of carbonyl (C=O) groups is 1. The summed E-state index contributed by atoms with van der Waals surface area (Å²) in [7, 11) is 0. The van der Waals surface area contributed by atoms with E-state index in [-0.39, 0.29) is 52.3 Å². The van der Waals surface area contributed by atoms with E-state index in [2.05, 4.69) is 20.5 Å². The summed E-state index contributed by atoms with van der Waals surface area (Å²) in [5, 5.41) is 49.3. The van der Waals surface area contributed by atoms with Gasteiger partial charge in [-0.15, -0.1) is 5.11 Å². The van der Waals surface area contributed by atoms with Gasteiger partial charge in [0.05, 0.1) is 23.0 Å². The number of fused-ring (bicyclic) bond motifs is 1. The third kappa shape index (κ3) is 5.95. The Morgan fingerprint density at radius 3 is 1.82 bits per heavy atom. The van der Waals surface area contributed by atoms with E-state index in [1.807, 2.05) is 66.7 Å². The summed E-state index contributed by atoms with van der Waals surface area (Å²) in [4.78, 5) is 11.0. The second-order valence-electron chi connectivity index (χ2n) is 8.14. The Kier molecular flexibility index (Phi) is 8.28. The van der Waals surface area contributed by atoms with Crippen LogP contribution in [0.5, 0.6) is 11.5 Å². The van der Waals surface area contributed by atoms with Crippen LogP contribution in [0, 0.1) is 0 Å². The van der Waals surface area contributed by atoms with Gasteiger partial charge in [-0.05, 0) is 65.0 Å². The molecular weight excluding hydrogens is 491 g/mol. The number of benzene rings is 5. The van der Waals surface area contributed by atoms with Gasteiger partial charge in [-0.25, -0.2) is 0 Å². The van der Waals surface area contributed by atoms with Gasteiger partial charge in [0.15, 0.2) is 5.75 Å². The van der Waals surface area contributed by atoms with E-state index in [0.29, 0.717) is 17.1 Å². The first-order chi connectivity index (χ1) is 18.0. The van der Waals surface area contributed by atoms with Crippen molar-refractivity contribution in [2.45, 2.75) is 0 Å². The minimum absolute atomic E-state index is 0. The topological polar surface area (TPSA) is 130 Å². The fourth-order valence-corrected chi connectivity index (χ4v) is 3.74. The first kappa shape index (κ1) is 26.7. The summed E-state index contributed by atoms with van der Waals surface area (Å²) < 4.78 is 0. The van der Waals surface area contributed by atoms with Crippen molar-refractivity contribution in [3.8, 4) is 22.6 Å². The molecule has 0 bridgehead atoms. The van der Waals surface area contributed by atoms with Crippen LogP contribution >= 0.6 is 0 Å². The molecule has 180 valence electrons. The molecule has 0 radical (unpaired) electrons. The fraction of sp³-hybridized carbons (Fsp3) is 0. The Hall–Kier alpha value is -4.37. The Labute approximate surface area is 240 Å². The molecule has 0 spiro atoms. The molecule has 8 nitrogen and oxygen atoms in total. The van der Waals surface area contributed by atoms with Gasteiger partial charge in [0.2, 0.25) is 0 Å². The van der Waals surface area contributed by atoms with Crippen molar-refractivity contribution in [1.82, 2.24) is 0 Å². The molecule has 0 unspecified atom stereocenters. The second-order valence-corrected chi connectivity index (χ2v) is 8.14. The maximum absolute atomic E-state index is 11.0. The van der Waals surface area contributed by atoms with Gasteiger partial charge >= 0.3 is 29.6 Å². The van der Waals surface area contributed by atoms with E-state index in [9.17, 15) is 20.1 Å². The van der Waals surface area contributed by atoms with Gasteiger partial charge in [-0.2, -0.15) is 15.3 Å². The molecule has 0 aromatic heterocycles. The van der Waals surface area contributed by atoms with Crippen molar-refractivity contribution < 1.29 is 49.7 Å². The van der Waals surface area contributed by atoms with Crippen molar-refractivity contribution in [1.29, 1.82) is 0 Å². The average Bonchev–Trinajstić information content (AvgIpc) is 2.93. The standard InChI is InChI=1S/C29H20N4O4.Na/c34-27-16-14-23(17-25(27)29(36)37)32-30-21-10-5-18(6-11-21)19-7-12-22(13-8-19)31-33-26-15-9-20-3-1-2-4-24(20)28(26)35;/h1-17,34-35H,(H,36,37);/q;+1/p-1. The van der Waals surface area contributed by atoms with Gasteiger partial charge in [-0.1, -0.05) is 54.6 Å². The smallest absolute Gasteiger partial charge is 0.545 e. The van der Waals surface area contributed by atoms with Gasteiger partial charge < -0.3 is 20.1 Å². The Bertz CT molecular complexity index is 1670. The maximum Gasteiger partial charge on any atom is 1.00 e. The number of carboxylic acid groups (broad SMARTS) is 1. The molecule has 2 N–H and O–H groups in total. The number of phenols is 2. The van der Waals surface area contributed by atoms with E-state index < -0.39 is 5.97 Å². The van der Waals surface area contributed by atoms with Crippen molar-refractivity contribution in [2.75, 3.05) is 0 Å². The molecule has 0 aliphatic heterocycles. The Balaban J connectivity index is 0.00000336.